The monoisotopic (exact) mass is 435 g/mol. The SMILES string of the molecule is CCN(CC)c1ccc2cc(/C=C/c3cc[n+](CCCCCC(=O)O)cc3)c(=O)oc2c1. The lowest BCUT2D eigenvalue weighted by molar-refractivity contribution is -0.697. The van der Waals surface area contributed by atoms with E-state index in [2.05, 4.69) is 29.4 Å². The van der Waals surface area contributed by atoms with Crippen LogP contribution in [0.3, 0.4) is 0 Å². The molecule has 0 fully saturated rings. The normalized spacial score (nSPS) is 11.3. The van der Waals surface area contributed by atoms with Crippen molar-refractivity contribution >= 4 is 34.8 Å². The number of hydrogen-bond donors (Lipinski definition) is 1. The Bertz CT molecular complexity index is 1130. The molecule has 0 aliphatic carbocycles. The zero-order valence-electron chi connectivity index (χ0n) is 18.8. The maximum absolute atomic E-state index is 12.5. The van der Waals surface area contributed by atoms with Crippen LogP contribution in [-0.2, 0) is 11.3 Å². The lowest BCUT2D eigenvalue weighted by atomic mass is 10.1. The number of hydrogen-bond acceptors (Lipinski definition) is 4. The molecule has 0 spiro atoms. The molecule has 0 saturated carbocycles. The van der Waals surface area contributed by atoms with E-state index in [0.29, 0.717) is 17.6 Å². The largest absolute Gasteiger partial charge is 0.481 e. The molecule has 3 rings (SSSR count). The van der Waals surface area contributed by atoms with Crippen LogP contribution in [0.1, 0.15) is 50.7 Å². The van der Waals surface area contributed by atoms with Crippen molar-refractivity contribution in [3.63, 3.8) is 0 Å². The first kappa shape index (κ1) is 23.3. The molecule has 0 amide bonds. The highest BCUT2D eigenvalue weighted by molar-refractivity contribution is 5.83. The van der Waals surface area contributed by atoms with E-state index in [-0.39, 0.29) is 12.0 Å². The standard InChI is InChI=1S/C26H30N2O4/c1-3-28(4-2)23-12-11-21-18-22(26(31)32-24(21)19-23)10-9-20-13-16-27(17-14-20)15-7-5-6-8-25(29)30/h9-14,16-19H,3-8,15H2,1-2H3/p+1. The van der Waals surface area contributed by atoms with Gasteiger partial charge in [-0.2, -0.15) is 0 Å². The van der Waals surface area contributed by atoms with E-state index < -0.39 is 5.97 Å². The molecule has 2 heterocycles. The third kappa shape index (κ3) is 6.30. The van der Waals surface area contributed by atoms with Crippen molar-refractivity contribution in [1.82, 2.24) is 0 Å². The molecule has 0 atom stereocenters. The van der Waals surface area contributed by atoms with Gasteiger partial charge in [-0.3, -0.25) is 4.79 Å². The Kier molecular flexibility index (Phi) is 8.20. The van der Waals surface area contributed by atoms with Crippen LogP contribution in [0.4, 0.5) is 5.69 Å². The number of carboxylic acids is 1. The van der Waals surface area contributed by atoms with Gasteiger partial charge in [-0.15, -0.1) is 0 Å². The Morgan fingerprint density at radius 2 is 1.78 bits per heavy atom. The molecule has 0 radical (unpaired) electrons. The van der Waals surface area contributed by atoms with E-state index in [1.54, 1.807) is 6.08 Å². The summed E-state index contributed by atoms with van der Waals surface area (Å²) in [5.41, 5.74) is 2.80. The molecule has 168 valence electrons. The van der Waals surface area contributed by atoms with Crippen molar-refractivity contribution in [3.05, 3.63) is 70.3 Å². The summed E-state index contributed by atoms with van der Waals surface area (Å²) in [6.07, 6.45) is 10.5. The molecular formula is C26H31N2O4+. The molecule has 0 bridgehead atoms. The fourth-order valence-electron chi connectivity index (χ4n) is 3.68. The first-order valence-corrected chi connectivity index (χ1v) is 11.2. The summed E-state index contributed by atoms with van der Waals surface area (Å²) in [5.74, 6) is -0.737. The summed E-state index contributed by atoms with van der Waals surface area (Å²) in [5, 5.41) is 9.57. The number of unbranched alkanes of at least 4 members (excludes halogenated alkanes) is 2. The number of nitrogens with zero attached hydrogens (tertiary/aromatic N) is 2. The van der Waals surface area contributed by atoms with Crippen LogP contribution in [0.25, 0.3) is 23.1 Å². The van der Waals surface area contributed by atoms with Crippen LogP contribution in [0, 0.1) is 0 Å². The lowest BCUT2D eigenvalue weighted by Crippen LogP contribution is -2.32. The third-order valence-corrected chi connectivity index (χ3v) is 5.55. The van der Waals surface area contributed by atoms with E-state index >= 15 is 0 Å². The molecule has 2 aromatic heterocycles. The second kappa shape index (κ2) is 11.3. The van der Waals surface area contributed by atoms with Crippen LogP contribution >= 0.6 is 0 Å². The second-order valence-electron chi connectivity index (χ2n) is 7.79. The number of benzene rings is 1. The van der Waals surface area contributed by atoms with Crippen molar-refractivity contribution in [2.75, 3.05) is 18.0 Å². The zero-order valence-corrected chi connectivity index (χ0v) is 18.8. The van der Waals surface area contributed by atoms with E-state index in [1.807, 2.05) is 48.8 Å². The van der Waals surface area contributed by atoms with E-state index in [9.17, 15) is 9.59 Å². The quantitative estimate of drug-likeness (QED) is 0.267. The average Bonchev–Trinajstić information content (AvgIpc) is 2.79. The van der Waals surface area contributed by atoms with Crippen molar-refractivity contribution in [1.29, 1.82) is 0 Å². The Hall–Kier alpha value is -3.41. The van der Waals surface area contributed by atoms with Gasteiger partial charge < -0.3 is 14.4 Å². The molecule has 6 heteroatoms. The maximum Gasteiger partial charge on any atom is 0.343 e. The number of aromatic nitrogens is 1. The van der Waals surface area contributed by atoms with Crippen LogP contribution < -0.4 is 15.1 Å². The Balaban J connectivity index is 1.66. The Morgan fingerprint density at radius 1 is 1.03 bits per heavy atom. The van der Waals surface area contributed by atoms with Crippen LogP contribution in [-0.4, -0.2) is 24.2 Å². The molecular weight excluding hydrogens is 404 g/mol. The third-order valence-electron chi connectivity index (χ3n) is 5.55. The van der Waals surface area contributed by atoms with E-state index in [4.69, 9.17) is 9.52 Å². The highest BCUT2D eigenvalue weighted by Gasteiger charge is 2.07. The predicted molar refractivity (Wildman–Crippen MR) is 128 cm³/mol. The molecule has 0 aliphatic heterocycles. The summed E-state index contributed by atoms with van der Waals surface area (Å²) in [6, 6.07) is 11.8. The smallest absolute Gasteiger partial charge is 0.343 e. The minimum absolute atomic E-state index is 0.230. The van der Waals surface area contributed by atoms with E-state index in [1.165, 1.54) is 0 Å². The zero-order chi connectivity index (χ0) is 22.9. The first-order valence-electron chi connectivity index (χ1n) is 11.2. The summed E-state index contributed by atoms with van der Waals surface area (Å²) in [6.45, 7) is 6.85. The molecule has 1 N–H and O–H groups in total. The van der Waals surface area contributed by atoms with Crippen molar-refractivity contribution in [2.24, 2.45) is 0 Å². The predicted octanol–water partition coefficient (Wildman–Crippen LogP) is 4.74. The minimum Gasteiger partial charge on any atom is -0.481 e. The summed E-state index contributed by atoms with van der Waals surface area (Å²) in [4.78, 5) is 25.2. The molecule has 0 unspecified atom stereocenters. The number of carboxylic acid groups (broad SMARTS) is 1. The lowest BCUT2D eigenvalue weighted by Gasteiger charge is -2.20. The summed E-state index contributed by atoms with van der Waals surface area (Å²) >= 11 is 0. The number of fused-ring (bicyclic) bond motifs is 1. The van der Waals surface area contributed by atoms with Gasteiger partial charge in [0.05, 0.1) is 5.56 Å². The van der Waals surface area contributed by atoms with Gasteiger partial charge >= 0.3 is 11.6 Å². The summed E-state index contributed by atoms with van der Waals surface area (Å²) in [7, 11) is 0. The fourth-order valence-corrected chi connectivity index (χ4v) is 3.68. The average molecular weight is 436 g/mol. The first-order chi connectivity index (χ1) is 15.5. The highest BCUT2D eigenvalue weighted by Crippen LogP contribution is 2.22. The van der Waals surface area contributed by atoms with Gasteiger partial charge in [0.2, 0.25) is 0 Å². The second-order valence-corrected chi connectivity index (χ2v) is 7.79. The van der Waals surface area contributed by atoms with Crippen molar-refractivity contribution in [2.45, 2.75) is 46.1 Å². The molecule has 3 aromatic rings. The molecule has 32 heavy (non-hydrogen) atoms. The molecule has 6 nitrogen and oxygen atoms in total. The maximum atomic E-state index is 12.5. The number of pyridine rings is 1. The number of aryl methyl sites for hydroxylation is 1. The van der Waals surface area contributed by atoms with Gasteiger partial charge in [0.1, 0.15) is 12.1 Å². The van der Waals surface area contributed by atoms with Crippen LogP contribution in [0.5, 0.6) is 0 Å². The number of rotatable bonds is 11. The van der Waals surface area contributed by atoms with Crippen molar-refractivity contribution < 1.29 is 18.9 Å². The van der Waals surface area contributed by atoms with E-state index in [0.717, 1.165) is 49.1 Å². The molecule has 0 saturated heterocycles. The Labute approximate surface area is 188 Å². The molecule has 1 aromatic carbocycles. The van der Waals surface area contributed by atoms with Gasteiger partial charge in [0, 0.05) is 55.2 Å². The Morgan fingerprint density at radius 3 is 2.47 bits per heavy atom. The fraction of sp³-hybridized carbons (Fsp3) is 0.346. The summed E-state index contributed by atoms with van der Waals surface area (Å²) < 4.78 is 7.66. The number of anilines is 1. The topological polar surface area (TPSA) is 74.6 Å². The minimum atomic E-state index is -0.737. The van der Waals surface area contributed by atoms with Crippen LogP contribution in [0.15, 0.2) is 58.0 Å². The highest BCUT2D eigenvalue weighted by atomic mass is 16.4. The van der Waals surface area contributed by atoms with Gasteiger partial charge in [0.15, 0.2) is 12.4 Å². The number of carbonyl (C=O) groups is 1. The van der Waals surface area contributed by atoms with Crippen molar-refractivity contribution in [3.8, 4) is 0 Å². The van der Waals surface area contributed by atoms with Gasteiger partial charge in [-0.25, -0.2) is 9.36 Å². The van der Waals surface area contributed by atoms with Gasteiger partial charge in [-0.05, 0) is 56.5 Å². The van der Waals surface area contributed by atoms with Gasteiger partial charge in [-0.1, -0.05) is 6.08 Å². The molecule has 0 aliphatic rings. The van der Waals surface area contributed by atoms with Crippen LogP contribution in [0.2, 0.25) is 0 Å². The number of aliphatic carboxylic acids is 1. The van der Waals surface area contributed by atoms with Gasteiger partial charge in [0.25, 0.3) is 0 Å².